The first kappa shape index (κ1) is 13.3. The number of carbonyl (C=O) groups is 1. The van der Waals surface area contributed by atoms with Crippen molar-refractivity contribution in [2.45, 2.75) is 0 Å². The summed E-state index contributed by atoms with van der Waals surface area (Å²) in [6.07, 6.45) is 2.76. The van der Waals surface area contributed by atoms with Crippen molar-refractivity contribution in [3.8, 4) is 11.5 Å². The molecule has 0 radical (unpaired) electrons. The van der Waals surface area contributed by atoms with Crippen LogP contribution in [0.15, 0.2) is 42.5 Å². The standard InChI is InChI=1S/C16H10F2O3/c17-11-3-4-12(13(18)8-11)14(19)5-1-10-2-6-15-16(7-10)21-9-20-15/h1-8H,9H2. The number of benzene rings is 2. The Labute approximate surface area is 119 Å². The molecule has 0 saturated heterocycles. The molecule has 3 nitrogen and oxygen atoms in total. The molecule has 0 amide bonds. The molecule has 2 aromatic rings. The molecule has 106 valence electrons. The van der Waals surface area contributed by atoms with Crippen molar-refractivity contribution in [2.75, 3.05) is 6.79 Å². The number of fused-ring (bicyclic) bond motifs is 1. The maximum atomic E-state index is 13.5. The Kier molecular flexibility index (Phi) is 3.39. The third-order valence-electron chi connectivity index (χ3n) is 3.02. The van der Waals surface area contributed by atoms with Gasteiger partial charge in [0.2, 0.25) is 6.79 Å². The smallest absolute Gasteiger partial charge is 0.231 e. The minimum absolute atomic E-state index is 0.169. The van der Waals surface area contributed by atoms with Crippen LogP contribution >= 0.6 is 0 Å². The molecule has 0 bridgehead atoms. The molecule has 0 fully saturated rings. The number of rotatable bonds is 3. The number of ether oxygens (including phenoxy) is 2. The van der Waals surface area contributed by atoms with Gasteiger partial charge in [0.1, 0.15) is 11.6 Å². The third-order valence-corrected chi connectivity index (χ3v) is 3.02. The fourth-order valence-electron chi connectivity index (χ4n) is 1.97. The van der Waals surface area contributed by atoms with Crippen LogP contribution in [0.25, 0.3) is 6.08 Å². The molecule has 21 heavy (non-hydrogen) atoms. The summed E-state index contributed by atoms with van der Waals surface area (Å²) in [5.41, 5.74) is 0.545. The third kappa shape index (κ3) is 2.76. The van der Waals surface area contributed by atoms with Crippen LogP contribution in [0.2, 0.25) is 0 Å². The van der Waals surface area contributed by atoms with Crippen molar-refractivity contribution in [3.63, 3.8) is 0 Å². The molecule has 0 atom stereocenters. The minimum atomic E-state index is -0.879. The number of halogens is 2. The Hall–Kier alpha value is -2.69. The molecule has 0 spiro atoms. The predicted octanol–water partition coefficient (Wildman–Crippen LogP) is 3.59. The second kappa shape index (κ2) is 5.36. The van der Waals surface area contributed by atoms with Gasteiger partial charge in [0.25, 0.3) is 0 Å². The van der Waals surface area contributed by atoms with Gasteiger partial charge in [-0.3, -0.25) is 4.79 Å². The lowest BCUT2D eigenvalue weighted by molar-refractivity contribution is 0.104. The Bertz CT molecular complexity index is 738. The van der Waals surface area contributed by atoms with Gasteiger partial charge >= 0.3 is 0 Å². The monoisotopic (exact) mass is 288 g/mol. The van der Waals surface area contributed by atoms with Crippen molar-refractivity contribution in [2.24, 2.45) is 0 Å². The zero-order chi connectivity index (χ0) is 14.8. The Morgan fingerprint density at radius 3 is 2.67 bits per heavy atom. The van der Waals surface area contributed by atoms with E-state index >= 15 is 0 Å². The van der Waals surface area contributed by atoms with Crippen molar-refractivity contribution in [1.29, 1.82) is 0 Å². The molecule has 1 aliphatic rings. The Morgan fingerprint density at radius 2 is 1.86 bits per heavy atom. The van der Waals surface area contributed by atoms with E-state index in [0.717, 1.165) is 17.7 Å². The molecule has 0 aliphatic carbocycles. The fourth-order valence-corrected chi connectivity index (χ4v) is 1.97. The van der Waals surface area contributed by atoms with Gasteiger partial charge in [-0.25, -0.2) is 8.78 Å². The molecule has 1 aliphatic heterocycles. The summed E-state index contributed by atoms with van der Waals surface area (Å²) in [5.74, 6) is -0.898. The highest BCUT2D eigenvalue weighted by Gasteiger charge is 2.13. The topological polar surface area (TPSA) is 35.5 Å². The van der Waals surface area contributed by atoms with E-state index in [1.165, 1.54) is 12.2 Å². The number of ketones is 1. The number of hydrogen-bond donors (Lipinski definition) is 0. The van der Waals surface area contributed by atoms with Gasteiger partial charge in [-0.05, 0) is 35.9 Å². The Morgan fingerprint density at radius 1 is 1.05 bits per heavy atom. The largest absolute Gasteiger partial charge is 0.454 e. The van der Waals surface area contributed by atoms with Crippen LogP contribution in [0.5, 0.6) is 11.5 Å². The fraction of sp³-hybridized carbons (Fsp3) is 0.0625. The van der Waals surface area contributed by atoms with E-state index in [2.05, 4.69) is 0 Å². The molecule has 0 saturated carbocycles. The van der Waals surface area contributed by atoms with Crippen LogP contribution in [0, 0.1) is 11.6 Å². The summed E-state index contributed by atoms with van der Waals surface area (Å²) in [6, 6.07) is 8.04. The maximum Gasteiger partial charge on any atom is 0.231 e. The summed E-state index contributed by atoms with van der Waals surface area (Å²) >= 11 is 0. The van der Waals surface area contributed by atoms with Crippen LogP contribution in [0.1, 0.15) is 15.9 Å². The molecule has 0 unspecified atom stereocenters. The first-order valence-corrected chi connectivity index (χ1v) is 6.20. The van der Waals surface area contributed by atoms with Gasteiger partial charge < -0.3 is 9.47 Å². The van der Waals surface area contributed by atoms with Gasteiger partial charge in [-0.15, -0.1) is 0 Å². The van der Waals surface area contributed by atoms with Crippen molar-refractivity contribution in [3.05, 3.63) is 65.2 Å². The predicted molar refractivity (Wildman–Crippen MR) is 72.3 cm³/mol. The van der Waals surface area contributed by atoms with E-state index in [9.17, 15) is 13.6 Å². The van der Waals surface area contributed by atoms with Gasteiger partial charge in [0.05, 0.1) is 5.56 Å². The van der Waals surface area contributed by atoms with Crippen molar-refractivity contribution < 1.29 is 23.0 Å². The van der Waals surface area contributed by atoms with Gasteiger partial charge in [-0.2, -0.15) is 0 Å². The number of carbonyl (C=O) groups excluding carboxylic acids is 1. The van der Waals surface area contributed by atoms with E-state index in [4.69, 9.17) is 9.47 Å². The van der Waals surface area contributed by atoms with Gasteiger partial charge in [-0.1, -0.05) is 12.1 Å². The molecule has 5 heteroatoms. The van der Waals surface area contributed by atoms with Crippen LogP contribution in [0.4, 0.5) is 8.78 Å². The van der Waals surface area contributed by atoms with Crippen molar-refractivity contribution >= 4 is 11.9 Å². The maximum absolute atomic E-state index is 13.5. The lowest BCUT2D eigenvalue weighted by Gasteiger charge is -1.99. The second-order valence-corrected chi connectivity index (χ2v) is 4.43. The molecular weight excluding hydrogens is 278 g/mol. The molecule has 3 rings (SSSR count). The lowest BCUT2D eigenvalue weighted by atomic mass is 10.1. The molecule has 1 heterocycles. The highest BCUT2D eigenvalue weighted by atomic mass is 19.1. The zero-order valence-electron chi connectivity index (χ0n) is 10.8. The van der Waals surface area contributed by atoms with E-state index in [-0.39, 0.29) is 12.4 Å². The minimum Gasteiger partial charge on any atom is -0.454 e. The molecule has 0 aromatic heterocycles. The van der Waals surface area contributed by atoms with Crippen LogP contribution in [-0.2, 0) is 0 Å². The lowest BCUT2D eigenvalue weighted by Crippen LogP contribution is -1.99. The van der Waals surface area contributed by atoms with E-state index < -0.39 is 17.4 Å². The Balaban J connectivity index is 1.80. The van der Waals surface area contributed by atoms with E-state index in [1.807, 2.05) is 0 Å². The summed E-state index contributed by atoms with van der Waals surface area (Å²) in [6.45, 7) is 0.169. The SMILES string of the molecule is O=C(C=Cc1ccc2c(c1)OCO2)c1ccc(F)cc1F. The first-order valence-electron chi connectivity index (χ1n) is 6.20. The van der Waals surface area contributed by atoms with Crippen molar-refractivity contribution in [1.82, 2.24) is 0 Å². The summed E-state index contributed by atoms with van der Waals surface area (Å²) in [7, 11) is 0. The number of allylic oxidation sites excluding steroid dienone is 1. The van der Waals surface area contributed by atoms with Crippen LogP contribution in [0.3, 0.4) is 0 Å². The zero-order valence-corrected chi connectivity index (χ0v) is 10.8. The van der Waals surface area contributed by atoms with E-state index in [1.54, 1.807) is 18.2 Å². The molecule has 2 aromatic carbocycles. The highest BCUT2D eigenvalue weighted by Crippen LogP contribution is 2.32. The quantitative estimate of drug-likeness (QED) is 0.639. The summed E-state index contributed by atoms with van der Waals surface area (Å²) in [5, 5.41) is 0. The van der Waals surface area contributed by atoms with Crippen LogP contribution in [-0.4, -0.2) is 12.6 Å². The average molecular weight is 288 g/mol. The second-order valence-electron chi connectivity index (χ2n) is 4.43. The van der Waals surface area contributed by atoms with Gasteiger partial charge in [0, 0.05) is 6.07 Å². The summed E-state index contributed by atoms with van der Waals surface area (Å²) in [4.78, 5) is 11.9. The highest BCUT2D eigenvalue weighted by molar-refractivity contribution is 6.07. The first-order chi connectivity index (χ1) is 10.1. The van der Waals surface area contributed by atoms with Gasteiger partial charge in [0.15, 0.2) is 17.3 Å². The average Bonchev–Trinajstić information content (AvgIpc) is 2.92. The summed E-state index contributed by atoms with van der Waals surface area (Å²) < 4.78 is 36.7. The normalized spacial score (nSPS) is 12.9. The molecule has 0 N–H and O–H groups in total. The van der Waals surface area contributed by atoms with Crippen LogP contribution < -0.4 is 9.47 Å². The van der Waals surface area contributed by atoms with E-state index in [0.29, 0.717) is 17.6 Å². The molecular formula is C16H10F2O3. The number of hydrogen-bond acceptors (Lipinski definition) is 3.